The van der Waals surface area contributed by atoms with Crippen molar-refractivity contribution in [1.29, 1.82) is 0 Å². The van der Waals surface area contributed by atoms with E-state index in [1.54, 1.807) is 0 Å². The fraction of sp³-hybridized carbons (Fsp3) is 0. The van der Waals surface area contributed by atoms with Gasteiger partial charge in [-0.25, -0.2) is 0 Å². The van der Waals surface area contributed by atoms with Crippen LogP contribution in [0.2, 0.25) is 0 Å². The van der Waals surface area contributed by atoms with Crippen molar-refractivity contribution in [2.45, 2.75) is 0 Å². The van der Waals surface area contributed by atoms with E-state index in [-0.39, 0.29) is 0 Å². The maximum Gasteiger partial charge on any atom is 0.00146 e. The largest absolute Gasteiger partial charge is 0.195 e. The van der Waals surface area contributed by atoms with Crippen LogP contribution in [0.3, 0.4) is 0 Å². The zero-order valence-electron chi connectivity index (χ0n) is 3.29. The molecule has 0 amide bonds. The summed E-state index contributed by atoms with van der Waals surface area (Å²) in [6, 6.07) is 0. The van der Waals surface area contributed by atoms with Gasteiger partial charge in [0.1, 0.15) is 0 Å². The lowest BCUT2D eigenvalue weighted by atomic mass is 11.3. The van der Waals surface area contributed by atoms with Crippen LogP contribution in [0.4, 0.5) is 0 Å². The van der Waals surface area contributed by atoms with E-state index in [1.165, 1.54) is 11.9 Å². The van der Waals surface area contributed by atoms with Gasteiger partial charge in [-0.15, -0.1) is 0 Å². The Bertz CT molecular complexity index is 176. The molecule has 5 heteroatoms. The van der Waals surface area contributed by atoms with Crippen molar-refractivity contribution >= 4 is 41.7 Å². The van der Waals surface area contributed by atoms with Gasteiger partial charge < -0.3 is 0 Å². The Hall–Kier alpha value is 0.840. The highest BCUT2D eigenvalue weighted by atomic mass is 33.1. The van der Waals surface area contributed by atoms with Crippen molar-refractivity contribution in [2.24, 2.45) is 0 Å². The van der Waals surface area contributed by atoms with Crippen LogP contribution in [0.25, 0.3) is 0 Å². The van der Waals surface area contributed by atoms with Crippen molar-refractivity contribution < 1.29 is 0 Å². The van der Waals surface area contributed by atoms with E-state index in [0.717, 1.165) is 0 Å². The Morgan fingerprint density at radius 3 is 2.43 bits per heavy atom. The summed E-state index contributed by atoms with van der Waals surface area (Å²) < 4.78 is 2.91. The third-order valence-electron chi connectivity index (χ3n) is 0.467. The monoisotopic (exact) mass is 169 g/mol. The number of hydrogen-bond donors (Lipinski definition) is 1. The first kappa shape index (κ1) is 5.97. The molecule has 1 heterocycles. The quantitative estimate of drug-likeness (QED) is 0.536. The highest BCUT2D eigenvalue weighted by Crippen LogP contribution is 2.10. The van der Waals surface area contributed by atoms with Gasteiger partial charge in [0.05, 0.1) is 0 Å². The van der Waals surface area contributed by atoms with Crippen LogP contribution >= 0.6 is 11.9 Å². The lowest BCUT2D eigenvalue weighted by molar-refractivity contribution is 1.79. The molecule has 0 bridgehead atoms. The molecule has 0 saturated carbocycles. The van der Waals surface area contributed by atoms with Gasteiger partial charge in [-0.3, -0.25) is 0 Å². The minimum absolute atomic E-state index is 1.35. The Morgan fingerprint density at radius 2 is 2.29 bits per heavy atom. The van der Waals surface area contributed by atoms with Gasteiger partial charge in [0, 0.05) is 5.41 Å². The van der Waals surface area contributed by atoms with Crippen molar-refractivity contribution in [2.75, 3.05) is 0 Å². The molecule has 0 saturated heterocycles. The van der Waals surface area contributed by atoms with Gasteiger partial charge in [-0.2, -0.15) is 4.13 Å². The molecule has 0 aromatic carbocycles. The lowest BCUT2D eigenvalue weighted by Gasteiger charge is -1.91. The van der Waals surface area contributed by atoms with Crippen LogP contribution < -0.4 is 4.13 Å². The molecule has 0 unspecified atom stereocenters. The van der Waals surface area contributed by atoms with Crippen LogP contribution in [0.15, 0.2) is 10.8 Å². The summed E-state index contributed by atoms with van der Waals surface area (Å²) in [4.78, 5) is 0. The minimum Gasteiger partial charge on any atom is -0.195 e. The van der Waals surface area contributed by atoms with Gasteiger partial charge in [-0.05, 0) is 47.1 Å². The zero-order chi connectivity index (χ0) is 5.33. The fourth-order valence-electron chi connectivity index (χ4n) is 0.224. The maximum atomic E-state index is 4.89. The average molecular weight is 169 g/mol. The molecule has 1 rings (SSSR count). The number of hydrogen-bond acceptors (Lipinski definition) is 3. The summed E-state index contributed by atoms with van der Waals surface area (Å²) in [5.74, 6) is 0. The number of nitrogens with one attached hydrogen (secondary N) is 1. The van der Waals surface area contributed by atoms with Crippen molar-refractivity contribution in [1.82, 2.24) is 4.13 Å². The predicted molar refractivity (Wildman–Crippen MR) is 42.0 cm³/mol. The van der Waals surface area contributed by atoms with Crippen LogP contribution in [0.1, 0.15) is 0 Å². The lowest BCUT2D eigenvalue weighted by Crippen LogP contribution is -2.02. The van der Waals surface area contributed by atoms with Crippen molar-refractivity contribution in [3.8, 4) is 0 Å². The Balaban J connectivity index is 2.99. The Morgan fingerprint density at radius 1 is 1.57 bits per heavy atom. The molecule has 0 fully saturated rings. The normalized spacial score (nSPS) is 25.7. The first-order valence-electron chi connectivity index (χ1n) is 1.55. The van der Waals surface area contributed by atoms with E-state index < -0.39 is 7.33 Å². The Kier molecular flexibility index (Phi) is 1.69. The molecule has 0 spiro atoms. The molecule has 0 aromatic heterocycles. The molecule has 40 valence electrons. The predicted octanol–water partition coefficient (Wildman–Crippen LogP) is 0.702. The first-order chi connectivity index (χ1) is 3.21. The molecule has 0 aliphatic carbocycles. The van der Waals surface area contributed by atoms with Crippen molar-refractivity contribution in [3.63, 3.8) is 0 Å². The summed E-state index contributed by atoms with van der Waals surface area (Å²) in [6.07, 6.45) is 0. The minimum atomic E-state index is -1.35. The first-order valence-corrected chi connectivity index (χ1v) is 5.97. The summed E-state index contributed by atoms with van der Waals surface area (Å²) in [7, 11) is -1.35. The topological polar surface area (TPSA) is 12.0 Å². The molecule has 0 atom stereocenters. The van der Waals surface area contributed by atoms with E-state index in [0.29, 0.717) is 0 Å². The van der Waals surface area contributed by atoms with E-state index in [1.807, 2.05) is 10.8 Å². The van der Waals surface area contributed by atoms with Gasteiger partial charge in [0.15, 0.2) is 0 Å². The molecule has 1 N–H and O–H groups in total. The second kappa shape index (κ2) is 1.99. The van der Waals surface area contributed by atoms with Crippen molar-refractivity contribution in [3.05, 3.63) is 10.8 Å². The fourth-order valence-corrected chi connectivity index (χ4v) is 3.54. The summed E-state index contributed by atoms with van der Waals surface area (Å²) in [5, 5.41) is 3.76. The second-order valence-corrected chi connectivity index (χ2v) is 7.34. The SMILES string of the molecule is S=S1(=S)C=CSN1. The molecular weight excluding hydrogens is 166 g/mol. The second-order valence-electron chi connectivity index (χ2n) is 1.02. The molecule has 1 aliphatic rings. The van der Waals surface area contributed by atoms with Gasteiger partial charge >= 0.3 is 0 Å². The molecule has 1 aliphatic heterocycles. The molecule has 1 nitrogen and oxygen atoms in total. The van der Waals surface area contributed by atoms with E-state index in [9.17, 15) is 0 Å². The highest BCUT2D eigenvalue weighted by molar-refractivity contribution is 8.59. The highest BCUT2D eigenvalue weighted by Gasteiger charge is 1.98. The average Bonchev–Trinajstić information content (AvgIpc) is 1.84. The Labute approximate surface area is 56.6 Å². The molecule has 7 heavy (non-hydrogen) atoms. The van der Waals surface area contributed by atoms with Crippen LogP contribution in [-0.2, 0) is 29.7 Å². The molecule has 0 radical (unpaired) electrons. The summed E-state index contributed by atoms with van der Waals surface area (Å²) >= 11 is 11.3. The maximum absolute atomic E-state index is 4.89. The van der Waals surface area contributed by atoms with Crippen LogP contribution in [-0.4, -0.2) is 0 Å². The van der Waals surface area contributed by atoms with Crippen LogP contribution in [0.5, 0.6) is 0 Å². The third kappa shape index (κ3) is 1.65. The summed E-state index contributed by atoms with van der Waals surface area (Å²) in [6.45, 7) is 0. The smallest absolute Gasteiger partial charge is 0.00146 e. The van der Waals surface area contributed by atoms with E-state index in [2.05, 4.69) is 4.13 Å². The van der Waals surface area contributed by atoms with Gasteiger partial charge in [0.2, 0.25) is 0 Å². The standard InChI is InChI=1S/C2H3NS4/c4-7(5)2-1-6-3-7/h1-3H. The van der Waals surface area contributed by atoms with E-state index >= 15 is 0 Å². The third-order valence-corrected chi connectivity index (χ3v) is 4.61. The molecular formula is C2H3NS4. The van der Waals surface area contributed by atoms with Gasteiger partial charge in [0.25, 0.3) is 0 Å². The molecule has 0 aromatic rings. The van der Waals surface area contributed by atoms with Gasteiger partial charge in [-0.1, -0.05) is 0 Å². The summed E-state index contributed by atoms with van der Waals surface area (Å²) in [5.41, 5.74) is 0. The van der Waals surface area contributed by atoms with Crippen LogP contribution in [0, 0.1) is 0 Å². The number of rotatable bonds is 0. The van der Waals surface area contributed by atoms with E-state index in [4.69, 9.17) is 22.4 Å². The zero-order valence-corrected chi connectivity index (χ0v) is 6.55.